The molecular formula is C19H20Cl2N4O. The molecule has 26 heavy (non-hydrogen) atoms. The van der Waals surface area contributed by atoms with Crippen molar-refractivity contribution in [1.82, 2.24) is 14.9 Å². The molecule has 2 heterocycles. The molecule has 0 saturated carbocycles. The highest BCUT2D eigenvalue weighted by atomic mass is 35.5. The second kappa shape index (κ2) is 7.05. The summed E-state index contributed by atoms with van der Waals surface area (Å²) in [6, 6.07) is 5.64. The van der Waals surface area contributed by atoms with Gasteiger partial charge in [-0.15, -0.1) is 0 Å². The number of carbonyl (C=O) groups excluding carboxylic acids is 1. The van der Waals surface area contributed by atoms with Crippen molar-refractivity contribution < 1.29 is 4.79 Å². The molecule has 0 radical (unpaired) electrons. The third kappa shape index (κ3) is 3.14. The Kier molecular flexibility index (Phi) is 4.76. The highest BCUT2D eigenvalue weighted by molar-refractivity contribution is 6.43. The van der Waals surface area contributed by atoms with Gasteiger partial charge in [-0.3, -0.25) is 4.79 Å². The molecule has 1 aromatic carbocycles. The van der Waals surface area contributed by atoms with E-state index in [1.54, 1.807) is 6.07 Å². The van der Waals surface area contributed by atoms with Crippen LogP contribution in [0.2, 0.25) is 10.0 Å². The zero-order chi connectivity index (χ0) is 18.3. The van der Waals surface area contributed by atoms with Crippen molar-refractivity contribution in [1.29, 1.82) is 0 Å². The third-order valence-corrected chi connectivity index (χ3v) is 5.90. The molecule has 0 unspecified atom stereocenters. The number of benzene rings is 1. The van der Waals surface area contributed by atoms with Gasteiger partial charge in [0, 0.05) is 37.4 Å². The minimum atomic E-state index is 0.0190. The molecule has 1 aromatic heterocycles. The lowest BCUT2D eigenvalue weighted by Crippen LogP contribution is -2.49. The SMILES string of the molecule is Cc1nc2c(c(C(=O)N3CCN(c4cccc(Cl)c4Cl)CC3)n1)CCC2. The second-order valence-electron chi connectivity index (χ2n) is 6.75. The summed E-state index contributed by atoms with van der Waals surface area (Å²) in [5.41, 5.74) is 3.61. The summed E-state index contributed by atoms with van der Waals surface area (Å²) in [5, 5.41) is 1.12. The fourth-order valence-corrected chi connectivity index (χ4v) is 4.18. The summed E-state index contributed by atoms with van der Waals surface area (Å²) in [4.78, 5) is 26.1. The maximum absolute atomic E-state index is 13.0. The van der Waals surface area contributed by atoms with Gasteiger partial charge >= 0.3 is 0 Å². The van der Waals surface area contributed by atoms with Crippen molar-refractivity contribution in [3.8, 4) is 0 Å². The number of aryl methyl sites for hydroxylation is 2. The topological polar surface area (TPSA) is 49.3 Å². The maximum atomic E-state index is 13.0. The quantitative estimate of drug-likeness (QED) is 0.786. The van der Waals surface area contributed by atoms with Crippen LogP contribution in [0.4, 0.5) is 5.69 Å². The van der Waals surface area contributed by atoms with Crippen LogP contribution in [0.3, 0.4) is 0 Å². The molecule has 0 N–H and O–H groups in total. The second-order valence-corrected chi connectivity index (χ2v) is 7.54. The van der Waals surface area contributed by atoms with Gasteiger partial charge in [0.25, 0.3) is 5.91 Å². The van der Waals surface area contributed by atoms with Gasteiger partial charge in [-0.1, -0.05) is 29.3 Å². The standard InChI is InChI=1S/C19H20Cl2N4O/c1-12-22-15-6-2-4-13(15)18(23-12)19(26)25-10-8-24(9-11-25)16-7-3-5-14(20)17(16)21/h3,5,7H,2,4,6,8-11H2,1H3. The van der Waals surface area contributed by atoms with Crippen molar-refractivity contribution in [2.24, 2.45) is 0 Å². The molecule has 0 atom stereocenters. The van der Waals surface area contributed by atoms with Crippen LogP contribution in [0.15, 0.2) is 18.2 Å². The average molecular weight is 391 g/mol. The Balaban J connectivity index is 1.50. The minimum absolute atomic E-state index is 0.0190. The molecule has 4 rings (SSSR count). The van der Waals surface area contributed by atoms with Crippen molar-refractivity contribution >= 4 is 34.8 Å². The highest BCUT2D eigenvalue weighted by Crippen LogP contribution is 2.33. The Labute approximate surface area is 162 Å². The first-order valence-electron chi connectivity index (χ1n) is 8.89. The lowest BCUT2D eigenvalue weighted by molar-refractivity contribution is 0.0739. The number of rotatable bonds is 2. The lowest BCUT2D eigenvalue weighted by Gasteiger charge is -2.36. The Morgan fingerprint density at radius 3 is 2.62 bits per heavy atom. The van der Waals surface area contributed by atoms with Gasteiger partial charge in [0.1, 0.15) is 11.5 Å². The largest absolute Gasteiger partial charge is 0.367 e. The highest BCUT2D eigenvalue weighted by Gasteiger charge is 2.29. The number of nitrogens with zero attached hydrogens (tertiary/aromatic N) is 4. The molecule has 7 heteroatoms. The van der Waals surface area contributed by atoms with E-state index in [2.05, 4.69) is 14.9 Å². The van der Waals surface area contributed by atoms with Crippen LogP contribution in [0, 0.1) is 6.92 Å². The van der Waals surface area contributed by atoms with Crippen molar-refractivity contribution in [2.45, 2.75) is 26.2 Å². The Morgan fingerprint density at radius 2 is 1.85 bits per heavy atom. The van der Waals surface area contributed by atoms with Gasteiger partial charge in [-0.05, 0) is 38.3 Å². The predicted octanol–water partition coefficient (Wildman–Crippen LogP) is 3.54. The first kappa shape index (κ1) is 17.6. The zero-order valence-electron chi connectivity index (χ0n) is 14.6. The summed E-state index contributed by atoms with van der Waals surface area (Å²) in [6.07, 6.45) is 2.89. The lowest BCUT2D eigenvalue weighted by atomic mass is 10.1. The summed E-state index contributed by atoms with van der Waals surface area (Å²) >= 11 is 12.5. The fraction of sp³-hybridized carbons (Fsp3) is 0.421. The normalized spacial score (nSPS) is 16.7. The van der Waals surface area contributed by atoms with Gasteiger partial charge in [0.2, 0.25) is 0 Å². The zero-order valence-corrected chi connectivity index (χ0v) is 16.1. The molecule has 0 bridgehead atoms. The smallest absolute Gasteiger partial charge is 0.273 e. The van der Waals surface area contributed by atoms with Crippen molar-refractivity contribution in [3.05, 3.63) is 51.0 Å². The molecule has 1 amide bonds. The summed E-state index contributed by atoms with van der Waals surface area (Å²) < 4.78 is 0. The monoisotopic (exact) mass is 390 g/mol. The van der Waals surface area contributed by atoms with Crippen LogP contribution in [-0.4, -0.2) is 47.0 Å². The number of hydrogen-bond donors (Lipinski definition) is 0. The molecule has 0 spiro atoms. The number of carbonyl (C=O) groups is 1. The van der Waals surface area contributed by atoms with E-state index in [9.17, 15) is 4.79 Å². The number of halogens is 2. The van der Waals surface area contributed by atoms with Gasteiger partial charge < -0.3 is 9.80 Å². The molecule has 2 aliphatic rings. The van der Waals surface area contributed by atoms with Gasteiger partial charge in [-0.2, -0.15) is 0 Å². The number of aromatic nitrogens is 2. The van der Waals surface area contributed by atoms with E-state index >= 15 is 0 Å². The molecular weight excluding hydrogens is 371 g/mol. The van der Waals surface area contributed by atoms with Crippen LogP contribution in [0.25, 0.3) is 0 Å². The molecule has 1 aliphatic heterocycles. The number of anilines is 1. The molecule has 1 aliphatic carbocycles. The number of amides is 1. The van der Waals surface area contributed by atoms with Crippen molar-refractivity contribution in [2.75, 3.05) is 31.1 Å². The summed E-state index contributed by atoms with van der Waals surface area (Å²) in [7, 11) is 0. The molecule has 136 valence electrons. The molecule has 2 aromatic rings. The van der Waals surface area contributed by atoms with E-state index in [1.807, 2.05) is 24.0 Å². The maximum Gasteiger partial charge on any atom is 0.273 e. The van der Waals surface area contributed by atoms with E-state index in [0.29, 0.717) is 34.7 Å². The van der Waals surface area contributed by atoms with Crippen LogP contribution in [0.5, 0.6) is 0 Å². The fourth-order valence-electron chi connectivity index (χ4n) is 3.77. The molecule has 5 nitrogen and oxygen atoms in total. The van der Waals surface area contributed by atoms with E-state index in [4.69, 9.17) is 23.2 Å². The molecule has 1 saturated heterocycles. The minimum Gasteiger partial charge on any atom is -0.367 e. The number of piperazine rings is 1. The van der Waals surface area contributed by atoms with E-state index in [0.717, 1.165) is 49.3 Å². The Hall–Kier alpha value is -1.85. The van der Waals surface area contributed by atoms with E-state index in [-0.39, 0.29) is 5.91 Å². The predicted molar refractivity (Wildman–Crippen MR) is 103 cm³/mol. The van der Waals surface area contributed by atoms with E-state index < -0.39 is 0 Å². The van der Waals surface area contributed by atoms with Crippen LogP contribution in [0.1, 0.15) is 34.0 Å². The number of fused-ring (bicyclic) bond motifs is 1. The average Bonchev–Trinajstić information content (AvgIpc) is 3.11. The van der Waals surface area contributed by atoms with Crippen LogP contribution in [-0.2, 0) is 12.8 Å². The van der Waals surface area contributed by atoms with Crippen LogP contribution < -0.4 is 4.90 Å². The summed E-state index contributed by atoms with van der Waals surface area (Å²) in [5.74, 6) is 0.698. The Morgan fingerprint density at radius 1 is 1.08 bits per heavy atom. The Bertz CT molecular complexity index is 863. The van der Waals surface area contributed by atoms with Gasteiger partial charge in [-0.25, -0.2) is 9.97 Å². The first-order valence-corrected chi connectivity index (χ1v) is 9.65. The molecule has 1 fully saturated rings. The third-order valence-electron chi connectivity index (χ3n) is 5.09. The first-order chi connectivity index (χ1) is 12.5. The van der Waals surface area contributed by atoms with Crippen molar-refractivity contribution in [3.63, 3.8) is 0 Å². The number of hydrogen-bond acceptors (Lipinski definition) is 4. The summed E-state index contributed by atoms with van der Waals surface area (Å²) in [6.45, 7) is 4.57. The van der Waals surface area contributed by atoms with Crippen LogP contribution >= 0.6 is 23.2 Å². The van der Waals surface area contributed by atoms with E-state index in [1.165, 1.54) is 0 Å². The van der Waals surface area contributed by atoms with Gasteiger partial charge in [0.05, 0.1) is 15.7 Å². The van der Waals surface area contributed by atoms with Gasteiger partial charge in [0.15, 0.2) is 0 Å².